The lowest BCUT2D eigenvalue weighted by atomic mass is 9.76. The van der Waals surface area contributed by atoms with Crippen molar-refractivity contribution < 1.29 is 9.31 Å². The Labute approximate surface area is 295 Å². The fourth-order valence-electron chi connectivity index (χ4n) is 6.87. The van der Waals surface area contributed by atoms with Crippen molar-refractivity contribution >= 4 is 18.2 Å². The van der Waals surface area contributed by atoms with Crippen molar-refractivity contribution in [2.24, 2.45) is 5.92 Å². The van der Waals surface area contributed by atoms with E-state index in [2.05, 4.69) is 107 Å². The highest BCUT2D eigenvalue weighted by Gasteiger charge is 2.51. The third kappa shape index (κ3) is 5.99. The molecule has 0 saturated carbocycles. The van der Waals surface area contributed by atoms with Gasteiger partial charge in [0.1, 0.15) is 0 Å². The van der Waals surface area contributed by atoms with Gasteiger partial charge in [-0.3, -0.25) is 0 Å². The Hall–Kier alpha value is -5.17. The van der Waals surface area contributed by atoms with Crippen LogP contribution in [-0.4, -0.2) is 33.3 Å². The summed E-state index contributed by atoms with van der Waals surface area (Å²) in [5, 5.41) is 0. The lowest BCUT2D eigenvalue weighted by Crippen LogP contribution is -2.41. The Kier molecular flexibility index (Phi) is 8.09. The van der Waals surface area contributed by atoms with Crippen LogP contribution in [0.1, 0.15) is 51.3 Å². The van der Waals surface area contributed by atoms with Gasteiger partial charge in [-0.15, -0.1) is 0 Å². The molecule has 5 aromatic carbocycles. The van der Waals surface area contributed by atoms with Crippen molar-refractivity contribution in [1.82, 2.24) is 15.0 Å². The smallest absolute Gasteiger partial charge is 0.399 e. The van der Waals surface area contributed by atoms with Gasteiger partial charge in [-0.2, -0.15) is 0 Å². The second-order valence-corrected chi connectivity index (χ2v) is 14.4. The van der Waals surface area contributed by atoms with Gasteiger partial charge < -0.3 is 9.31 Å². The highest BCUT2D eigenvalue weighted by molar-refractivity contribution is 6.62. The van der Waals surface area contributed by atoms with Gasteiger partial charge in [-0.05, 0) is 78.9 Å². The maximum absolute atomic E-state index is 6.31. The molecule has 6 aromatic rings. The van der Waals surface area contributed by atoms with E-state index in [9.17, 15) is 0 Å². The molecule has 1 unspecified atom stereocenters. The lowest BCUT2D eigenvalue weighted by molar-refractivity contribution is 0.00578. The molecule has 0 radical (unpaired) electrons. The van der Waals surface area contributed by atoms with Crippen molar-refractivity contribution in [1.29, 1.82) is 0 Å². The fraction of sp³-hybridized carbons (Fsp3) is 0.205. The second kappa shape index (κ2) is 12.6. The summed E-state index contributed by atoms with van der Waals surface area (Å²) < 4.78 is 12.6. The van der Waals surface area contributed by atoms with Crippen LogP contribution in [0.4, 0.5) is 0 Å². The van der Waals surface area contributed by atoms with Crippen LogP contribution in [0.15, 0.2) is 133 Å². The van der Waals surface area contributed by atoms with Gasteiger partial charge >= 0.3 is 7.12 Å². The average molecular weight is 654 g/mol. The van der Waals surface area contributed by atoms with E-state index in [1.807, 2.05) is 60.7 Å². The molecule has 50 heavy (non-hydrogen) atoms. The summed E-state index contributed by atoms with van der Waals surface area (Å²) in [7, 11) is -0.373. The molecule has 1 saturated heterocycles. The molecule has 0 bridgehead atoms. The zero-order valence-electron chi connectivity index (χ0n) is 29.2. The molecule has 1 fully saturated rings. The minimum atomic E-state index is -0.373. The van der Waals surface area contributed by atoms with Gasteiger partial charge in [-0.25, -0.2) is 15.0 Å². The summed E-state index contributed by atoms with van der Waals surface area (Å²) in [6.07, 6.45) is 3.39. The van der Waals surface area contributed by atoms with E-state index >= 15 is 0 Å². The van der Waals surface area contributed by atoms with Gasteiger partial charge in [0, 0.05) is 16.7 Å². The van der Waals surface area contributed by atoms with Crippen LogP contribution >= 0.6 is 0 Å². The molecule has 0 N–H and O–H groups in total. The summed E-state index contributed by atoms with van der Waals surface area (Å²) in [5.74, 6) is 2.38. The Balaban J connectivity index is 1.11. The van der Waals surface area contributed by atoms with E-state index in [-0.39, 0.29) is 18.3 Å². The minimum absolute atomic E-state index is 0.368. The average Bonchev–Trinajstić information content (AvgIpc) is 3.37. The zero-order chi connectivity index (χ0) is 34.5. The molecule has 6 heteroatoms. The molecule has 0 amide bonds. The first-order chi connectivity index (χ1) is 24.1. The molecular formula is C44H40BN3O2. The molecule has 1 aliphatic carbocycles. The predicted octanol–water partition coefficient (Wildman–Crippen LogP) is 9.46. The highest BCUT2D eigenvalue weighted by atomic mass is 16.7. The summed E-state index contributed by atoms with van der Waals surface area (Å²) in [5.41, 5.74) is 10.7. The first-order valence-electron chi connectivity index (χ1n) is 17.4. The molecule has 1 aliphatic heterocycles. The summed E-state index contributed by atoms with van der Waals surface area (Å²) in [6, 6.07) is 44.2. The van der Waals surface area contributed by atoms with Crippen molar-refractivity contribution in [2.75, 3.05) is 0 Å². The van der Waals surface area contributed by atoms with Gasteiger partial charge in [0.25, 0.3) is 0 Å². The number of hydrogen-bond acceptors (Lipinski definition) is 5. The van der Waals surface area contributed by atoms with Crippen LogP contribution in [0.3, 0.4) is 0 Å². The standard InChI is InChI=1S/C44H40BN3O2/c1-29-27-38(31-23-25-35(26-24-31)45-49-43(2,3)44(4,5)50-45)37-18-12-17-36(39(37)28-29)30-19-21-34(22-20-30)42-47-40(32-13-8-6-9-14-32)46-41(48-42)33-15-10-7-11-16-33/h6-27,29H,28H2,1-5H3. The zero-order valence-corrected chi connectivity index (χ0v) is 29.2. The fourth-order valence-corrected chi connectivity index (χ4v) is 6.87. The van der Waals surface area contributed by atoms with Crippen LogP contribution < -0.4 is 5.46 Å². The summed E-state index contributed by atoms with van der Waals surface area (Å²) in [6.45, 7) is 10.7. The third-order valence-corrected chi connectivity index (χ3v) is 10.3. The molecule has 1 aromatic heterocycles. The van der Waals surface area contributed by atoms with E-state index < -0.39 is 0 Å². The van der Waals surface area contributed by atoms with Gasteiger partial charge in [0.2, 0.25) is 0 Å². The van der Waals surface area contributed by atoms with Crippen LogP contribution in [0.25, 0.3) is 50.9 Å². The van der Waals surface area contributed by atoms with E-state index in [1.54, 1.807) is 0 Å². The lowest BCUT2D eigenvalue weighted by Gasteiger charge is -2.32. The SMILES string of the molecule is CC1C=C(c2ccc(B3OC(C)(C)C(C)(C)O3)cc2)c2cccc(-c3ccc(-c4nc(-c5ccccc5)nc(-c5ccccc5)n4)cc3)c2C1. The normalized spacial score (nSPS) is 17.7. The summed E-state index contributed by atoms with van der Waals surface area (Å²) in [4.78, 5) is 14.7. The van der Waals surface area contributed by atoms with Crippen molar-refractivity contribution in [3.8, 4) is 45.3 Å². The minimum Gasteiger partial charge on any atom is -0.399 e. The van der Waals surface area contributed by atoms with Crippen molar-refractivity contribution in [3.05, 3.63) is 150 Å². The number of fused-ring (bicyclic) bond motifs is 1. The number of benzene rings is 5. The van der Waals surface area contributed by atoms with Crippen LogP contribution in [-0.2, 0) is 15.7 Å². The van der Waals surface area contributed by atoms with Crippen LogP contribution in [0.5, 0.6) is 0 Å². The largest absolute Gasteiger partial charge is 0.494 e. The number of rotatable bonds is 6. The first-order valence-corrected chi connectivity index (χ1v) is 17.4. The molecule has 246 valence electrons. The number of aromatic nitrogens is 3. The maximum atomic E-state index is 6.31. The monoisotopic (exact) mass is 653 g/mol. The molecule has 8 rings (SSSR count). The molecule has 1 atom stereocenters. The van der Waals surface area contributed by atoms with Crippen molar-refractivity contribution in [2.45, 2.75) is 52.2 Å². The number of hydrogen-bond donors (Lipinski definition) is 0. The highest BCUT2D eigenvalue weighted by Crippen LogP contribution is 2.40. The summed E-state index contributed by atoms with van der Waals surface area (Å²) >= 11 is 0. The second-order valence-electron chi connectivity index (χ2n) is 14.4. The van der Waals surface area contributed by atoms with Gasteiger partial charge in [-0.1, -0.05) is 140 Å². The van der Waals surface area contributed by atoms with E-state index in [0.29, 0.717) is 23.4 Å². The Morgan fingerprint density at radius 3 is 1.52 bits per heavy atom. The van der Waals surface area contributed by atoms with Crippen LogP contribution in [0, 0.1) is 5.92 Å². The van der Waals surface area contributed by atoms with Gasteiger partial charge in [0.15, 0.2) is 17.5 Å². The Morgan fingerprint density at radius 1 is 0.520 bits per heavy atom. The third-order valence-electron chi connectivity index (χ3n) is 10.3. The topological polar surface area (TPSA) is 57.1 Å². The molecule has 2 heterocycles. The predicted molar refractivity (Wildman–Crippen MR) is 204 cm³/mol. The van der Waals surface area contributed by atoms with Crippen molar-refractivity contribution in [3.63, 3.8) is 0 Å². The van der Waals surface area contributed by atoms with Crippen LogP contribution in [0.2, 0.25) is 0 Å². The van der Waals surface area contributed by atoms with E-state index in [0.717, 1.165) is 28.6 Å². The molecule has 5 nitrogen and oxygen atoms in total. The first kappa shape index (κ1) is 32.1. The maximum Gasteiger partial charge on any atom is 0.494 e. The molecule has 2 aliphatic rings. The number of allylic oxidation sites excluding steroid dienone is 1. The number of nitrogens with zero attached hydrogens (tertiary/aromatic N) is 3. The van der Waals surface area contributed by atoms with E-state index in [4.69, 9.17) is 24.3 Å². The van der Waals surface area contributed by atoms with Gasteiger partial charge in [0.05, 0.1) is 11.2 Å². The quantitative estimate of drug-likeness (QED) is 0.168. The Bertz CT molecular complexity index is 2120. The molecular weight excluding hydrogens is 613 g/mol. The Morgan fingerprint density at radius 2 is 0.980 bits per heavy atom. The molecule has 0 spiro atoms. The van der Waals surface area contributed by atoms with E-state index in [1.165, 1.54) is 33.4 Å².